The molecule has 0 fully saturated rings. The van der Waals surface area contributed by atoms with Crippen LogP contribution in [0.2, 0.25) is 5.02 Å². The predicted octanol–water partition coefficient (Wildman–Crippen LogP) is 3.14. The van der Waals surface area contributed by atoms with Crippen LogP contribution in [0.3, 0.4) is 0 Å². The average Bonchev–Trinajstić information content (AvgIpc) is 2.67. The fourth-order valence-electron chi connectivity index (χ4n) is 2.92. The number of ether oxygens (including phenoxy) is 1. The summed E-state index contributed by atoms with van der Waals surface area (Å²) in [6, 6.07) is 12.1. The SMILES string of the molecule is C=CCNS(=O)(=O)Cc1ccc(NC(=O)C2COc3ccc(Cl)cc3C2)cc1. The third kappa shape index (κ3) is 5.34. The summed E-state index contributed by atoms with van der Waals surface area (Å²) in [7, 11) is -3.42. The molecular weight excluding hydrogens is 400 g/mol. The number of anilines is 1. The molecule has 1 amide bonds. The minimum atomic E-state index is -3.42. The molecule has 1 atom stereocenters. The Bertz CT molecular complexity index is 974. The molecule has 28 heavy (non-hydrogen) atoms. The summed E-state index contributed by atoms with van der Waals surface area (Å²) in [6.45, 7) is 3.97. The Kier molecular flexibility index (Phi) is 6.39. The van der Waals surface area contributed by atoms with Crippen molar-refractivity contribution < 1.29 is 17.9 Å². The van der Waals surface area contributed by atoms with Gasteiger partial charge in [-0.15, -0.1) is 6.58 Å². The van der Waals surface area contributed by atoms with Crippen molar-refractivity contribution in [2.45, 2.75) is 12.2 Å². The lowest BCUT2D eigenvalue weighted by Gasteiger charge is -2.24. The zero-order valence-corrected chi connectivity index (χ0v) is 16.7. The van der Waals surface area contributed by atoms with Crippen molar-refractivity contribution in [1.82, 2.24) is 4.72 Å². The normalized spacial score (nSPS) is 16.0. The minimum Gasteiger partial charge on any atom is -0.492 e. The zero-order chi connectivity index (χ0) is 20.1. The zero-order valence-electron chi connectivity index (χ0n) is 15.2. The fraction of sp³-hybridized carbons (Fsp3) is 0.250. The molecule has 0 spiro atoms. The van der Waals surface area contributed by atoms with Gasteiger partial charge in [-0.3, -0.25) is 4.79 Å². The van der Waals surface area contributed by atoms with Crippen molar-refractivity contribution in [3.63, 3.8) is 0 Å². The van der Waals surface area contributed by atoms with Crippen LogP contribution in [0.5, 0.6) is 5.75 Å². The van der Waals surface area contributed by atoms with Gasteiger partial charge in [0.05, 0.1) is 11.7 Å². The Morgan fingerprint density at radius 2 is 2.00 bits per heavy atom. The minimum absolute atomic E-state index is 0.136. The van der Waals surface area contributed by atoms with E-state index in [1.807, 2.05) is 12.1 Å². The summed E-state index contributed by atoms with van der Waals surface area (Å²) < 4.78 is 31.9. The van der Waals surface area contributed by atoms with Crippen LogP contribution >= 0.6 is 11.6 Å². The lowest BCUT2D eigenvalue weighted by atomic mass is 9.96. The molecule has 0 aromatic heterocycles. The van der Waals surface area contributed by atoms with Gasteiger partial charge in [0.1, 0.15) is 12.4 Å². The second-order valence-corrected chi connectivity index (χ2v) is 8.79. The van der Waals surface area contributed by atoms with Crippen LogP contribution in [0.4, 0.5) is 5.69 Å². The van der Waals surface area contributed by atoms with Gasteiger partial charge in [-0.25, -0.2) is 13.1 Å². The van der Waals surface area contributed by atoms with E-state index in [0.29, 0.717) is 29.3 Å². The van der Waals surface area contributed by atoms with Gasteiger partial charge in [0, 0.05) is 17.3 Å². The number of hydrogen-bond donors (Lipinski definition) is 2. The molecule has 8 heteroatoms. The molecule has 2 N–H and O–H groups in total. The Hall–Kier alpha value is -2.35. The largest absolute Gasteiger partial charge is 0.492 e. The van der Waals surface area contributed by atoms with Gasteiger partial charge in [-0.1, -0.05) is 29.8 Å². The first-order valence-corrected chi connectivity index (χ1v) is 10.8. The number of fused-ring (bicyclic) bond motifs is 1. The second-order valence-electron chi connectivity index (χ2n) is 6.55. The molecule has 1 unspecified atom stereocenters. The van der Waals surface area contributed by atoms with E-state index in [-0.39, 0.29) is 24.1 Å². The Balaban J connectivity index is 1.60. The summed E-state index contributed by atoms with van der Waals surface area (Å²) in [6.07, 6.45) is 2.03. The molecule has 0 saturated carbocycles. The van der Waals surface area contributed by atoms with E-state index in [9.17, 15) is 13.2 Å². The third-order valence-electron chi connectivity index (χ3n) is 4.33. The summed E-state index contributed by atoms with van der Waals surface area (Å²) in [5, 5.41) is 3.46. The van der Waals surface area contributed by atoms with E-state index in [0.717, 1.165) is 11.3 Å². The van der Waals surface area contributed by atoms with E-state index < -0.39 is 10.0 Å². The molecule has 148 valence electrons. The molecule has 1 aliphatic rings. The topological polar surface area (TPSA) is 84.5 Å². The van der Waals surface area contributed by atoms with Crippen LogP contribution in [0, 0.1) is 5.92 Å². The molecule has 0 saturated heterocycles. The van der Waals surface area contributed by atoms with Crippen molar-refractivity contribution in [3.8, 4) is 5.75 Å². The highest BCUT2D eigenvalue weighted by Crippen LogP contribution is 2.30. The van der Waals surface area contributed by atoms with E-state index in [2.05, 4.69) is 16.6 Å². The van der Waals surface area contributed by atoms with Gasteiger partial charge in [0.25, 0.3) is 0 Å². The fourth-order valence-corrected chi connectivity index (χ4v) is 4.22. The lowest BCUT2D eigenvalue weighted by Crippen LogP contribution is -2.32. The van der Waals surface area contributed by atoms with Crippen molar-refractivity contribution in [3.05, 3.63) is 71.3 Å². The number of nitrogens with one attached hydrogen (secondary N) is 2. The quantitative estimate of drug-likeness (QED) is 0.674. The molecule has 0 bridgehead atoms. The van der Waals surface area contributed by atoms with Crippen molar-refractivity contribution in [2.75, 3.05) is 18.5 Å². The monoisotopic (exact) mass is 420 g/mol. The van der Waals surface area contributed by atoms with Gasteiger partial charge < -0.3 is 10.1 Å². The maximum absolute atomic E-state index is 12.6. The molecule has 6 nitrogen and oxygen atoms in total. The first kappa shape index (κ1) is 20.4. The average molecular weight is 421 g/mol. The molecule has 3 rings (SSSR count). The first-order valence-electron chi connectivity index (χ1n) is 8.75. The summed E-state index contributed by atoms with van der Waals surface area (Å²) in [5.41, 5.74) is 2.13. The van der Waals surface area contributed by atoms with E-state index in [1.165, 1.54) is 6.08 Å². The summed E-state index contributed by atoms with van der Waals surface area (Å²) in [4.78, 5) is 12.6. The number of benzene rings is 2. The number of halogens is 1. The third-order valence-corrected chi connectivity index (χ3v) is 5.88. The predicted molar refractivity (Wildman–Crippen MR) is 110 cm³/mol. The number of carbonyl (C=O) groups is 1. The molecule has 1 heterocycles. The number of hydrogen-bond acceptors (Lipinski definition) is 4. The van der Waals surface area contributed by atoms with Crippen molar-refractivity contribution in [2.24, 2.45) is 5.92 Å². The Morgan fingerprint density at radius 1 is 1.25 bits per heavy atom. The van der Waals surface area contributed by atoms with Crippen LogP contribution < -0.4 is 14.8 Å². The Labute approximate surface area is 169 Å². The highest BCUT2D eigenvalue weighted by molar-refractivity contribution is 7.88. The van der Waals surface area contributed by atoms with Gasteiger partial charge in [0.2, 0.25) is 15.9 Å². The maximum Gasteiger partial charge on any atom is 0.231 e. The Morgan fingerprint density at radius 3 is 2.71 bits per heavy atom. The van der Waals surface area contributed by atoms with Crippen LogP contribution in [0.1, 0.15) is 11.1 Å². The van der Waals surface area contributed by atoms with Crippen LogP contribution in [0.25, 0.3) is 0 Å². The second kappa shape index (κ2) is 8.77. The van der Waals surface area contributed by atoms with Crippen LogP contribution in [-0.4, -0.2) is 27.5 Å². The smallest absolute Gasteiger partial charge is 0.231 e. The molecule has 1 aliphatic heterocycles. The van der Waals surface area contributed by atoms with Gasteiger partial charge in [-0.05, 0) is 47.9 Å². The van der Waals surface area contributed by atoms with Crippen molar-refractivity contribution in [1.29, 1.82) is 0 Å². The van der Waals surface area contributed by atoms with E-state index in [1.54, 1.807) is 30.3 Å². The molecular formula is C20H21ClN2O4S. The number of sulfonamides is 1. The maximum atomic E-state index is 12.6. The lowest BCUT2D eigenvalue weighted by molar-refractivity contribution is -0.121. The highest BCUT2D eigenvalue weighted by Gasteiger charge is 2.26. The van der Waals surface area contributed by atoms with Crippen LogP contribution in [0.15, 0.2) is 55.1 Å². The van der Waals surface area contributed by atoms with E-state index in [4.69, 9.17) is 16.3 Å². The van der Waals surface area contributed by atoms with Crippen LogP contribution in [-0.2, 0) is 27.0 Å². The highest BCUT2D eigenvalue weighted by atomic mass is 35.5. The molecule has 2 aromatic rings. The molecule has 0 aliphatic carbocycles. The number of rotatable bonds is 7. The van der Waals surface area contributed by atoms with Gasteiger partial charge >= 0.3 is 0 Å². The van der Waals surface area contributed by atoms with Crippen molar-refractivity contribution >= 4 is 33.2 Å². The first-order chi connectivity index (χ1) is 13.4. The molecule has 2 aromatic carbocycles. The number of carbonyl (C=O) groups excluding carboxylic acids is 1. The number of amides is 1. The standard InChI is InChI=1S/C20H21ClN2O4S/c1-2-9-22-28(25,26)13-14-3-6-18(7-4-14)23-20(24)16-10-15-11-17(21)5-8-19(15)27-12-16/h2-8,11,16,22H,1,9-10,12-13H2,(H,23,24). The molecule has 0 radical (unpaired) electrons. The van der Waals surface area contributed by atoms with Gasteiger partial charge in [-0.2, -0.15) is 0 Å². The van der Waals surface area contributed by atoms with E-state index >= 15 is 0 Å². The summed E-state index contributed by atoms with van der Waals surface area (Å²) in [5.74, 6) is 0.139. The van der Waals surface area contributed by atoms with Gasteiger partial charge in [0.15, 0.2) is 0 Å². The summed E-state index contributed by atoms with van der Waals surface area (Å²) >= 11 is 6.01.